The van der Waals surface area contributed by atoms with Gasteiger partial charge in [-0.05, 0) is 18.1 Å². The third kappa shape index (κ3) is 2.31. The van der Waals surface area contributed by atoms with Gasteiger partial charge in [-0.1, -0.05) is 19.1 Å². The molecule has 0 aromatic carbocycles. The number of aromatic nitrogens is 4. The molecule has 0 radical (unpaired) electrons. The van der Waals surface area contributed by atoms with Crippen molar-refractivity contribution in [1.29, 1.82) is 5.26 Å². The quantitative estimate of drug-likeness (QED) is 0.802. The minimum Gasteiger partial charge on any atom is -0.265 e. The van der Waals surface area contributed by atoms with Crippen molar-refractivity contribution < 1.29 is 0 Å². The van der Waals surface area contributed by atoms with Crippen LogP contribution in [-0.4, -0.2) is 20.0 Å². The molecule has 0 saturated carbocycles. The van der Waals surface area contributed by atoms with Crippen LogP contribution in [0.3, 0.4) is 0 Å². The fraction of sp³-hybridized carbons (Fsp3) is 0.333. The molecule has 0 amide bonds. The van der Waals surface area contributed by atoms with Gasteiger partial charge in [0.15, 0.2) is 5.69 Å². The van der Waals surface area contributed by atoms with E-state index in [1.807, 2.05) is 12.1 Å². The number of nitrogens with zero attached hydrogens (tertiary/aromatic N) is 5. The zero-order valence-corrected chi connectivity index (χ0v) is 9.83. The first kappa shape index (κ1) is 11.3. The normalized spacial score (nSPS) is 10.5. The highest BCUT2D eigenvalue weighted by molar-refractivity contribution is 5.64. The van der Waals surface area contributed by atoms with Crippen LogP contribution in [-0.2, 0) is 6.54 Å². The Balaban J connectivity index is 2.51. The van der Waals surface area contributed by atoms with Crippen LogP contribution in [0.4, 0.5) is 0 Å². The zero-order valence-electron chi connectivity index (χ0n) is 9.83. The van der Waals surface area contributed by atoms with Gasteiger partial charge in [0.2, 0.25) is 0 Å². The molecule has 2 aromatic rings. The highest BCUT2D eigenvalue weighted by Gasteiger charge is 2.15. The molecule has 2 rings (SSSR count). The molecule has 0 aliphatic rings. The lowest BCUT2D eigenvalue weighted by molar-refractivity contribution is 0.475. The van der Waals surface area contributed by atoms with Crippen LogP contribution in [0.25, 0.3) is 11.3 Å². The molecule has 0 atom stereocenters. The van der Waals surface area contributed by atoms with E-state index in [4.69, 9.17) is 5.26 Å². The lowest BCUT2D eigenvalue weighted by atomic mass is 10.1. The maximum atomic E-state index is 9.05. The third-order valence-electron chi connectivity index (χ3n) is 2.33. The lowest BCUT2D eigenvalue weighted by Crippen LogP contribution is -2.08. The van der Waals surface area contributed by atoms with Crippen molar-refractivity contribution in [2.45, 2.75) is 20.4 Å². The van der Waals surface area contributed by atoms with Crippen molar-refractivity contribution in [3.63, 3.8) is 0 Å². The molecule has 0 unspecified atom stereocenters. The van der Waals surface area contributed by atoms with E-state index in [0.29, 0.717) is 11.6 Å². The van der Waals surface area contributed by atoms with Gasteiger partial charge >= 0.3 is 0 Å². The molecule has 0 saturated heterocycles. The van der Waals surface area contributed by atoms with Crippen molar-refractivity contribution >= 4 is 0 Å². The van der Waals surface area contributed by atoms with Gasteiger partial charge in [0.25, 0.3) is 0 Å². The maximum Gasteiger partial charge on any atom is 0.190 e. The average Bonchev–Trinajstić information content (AvgIpc) is 2.72. The largest absolute Gasteiger partial charge is 0.265 e. The van der Waals surface area contributed by atoms with Gasteiger partial charge in [0, 0.05) is 24.5 Å². The Hall–Kier alpha value is -2.22. The number of hydrogen-bond acceptors (Lipinski definition) is 4. The number of hydrogen-bond donors (Lipinski definition) is 0. The maximum absolute atomic E-state index is 9.05. The Morgan fingerprint density at radius 3 is 2.65 bits per heavy atom. The molecule has 17 heavy (non-hydrogen) atoms. The molecule has 2 aromatic heterocycles. The van der Waals surface area contributed by atoms with E-state index < -0.39 is 0 Å². The Labute approximate surface area is 99.7 Å². The smallest absolute Gasteiger partial charge is 0.190 e. The molecule has 0 spiro atoms. The van der Waals surface area contributed by atoms with Crippen molar-refractivity contribution in [3.05, 3.63) is 30.2 Å². The first-order valence-corrected chi connectivity index (χ1v) is 5.46. The van der Waals surface area contributed by atoms with Crippen molar-refractivity contribution in [3.8, 4) is 17.3 Å². The van der Waals surface area contributed by atoms with Crippen LogP contribution in [0.5, 0.6) is 0 Å². The first-order valence-electron chi connectivity index (χ1n) is 5.46. The molecular weight excluding hydrogens is 214 g/mol. The van der Waals surface area contributed by atoms with Gasteiger partial charge in [-0.3, -0.25) is 4.98 Å². The van der Waals surface area contributed by atoms with Crippen LogP contribution in [0, 0.1) is 17.2 Å². The van der Waals surface area contributed by atoms with E-state index in [1.54, 1.807) is 17.1 Å². The fourth-order valence-corrected chi connectivity index (χ4v) is 1.66. The highest BCUT2D eigenvalue weighted by Crippen LogP contribution is 2.21. The highest BCUT2D eigenvalue weighted by atomic mass is 15.4. The van der Waals surface area contributed by atoms with Crippen molar-refractivity contribution in [1.82, 2.24) is 20.0 Å². The summed E-state index contributed by atoms with van der Waals surface area (Å²) in [4.78, 5) is 3.97. The van der Waals surface area contributed by atoms with Crippen LogP contribution in [0.2, 0.25) is 0 Å². The van der Waals surface area contributed by atoms with Crippen molar-refractivity contribution in [2.75, 3.05) is 0 Å². The summed E-state index contributed by atoms with van der Waals surface area (Å²) < 4.78 is 1.78. The number of rotatable bonds is 3. The van der Waals surface area contributed by atoms with Crippen LogP contribution >= 0.6 is 0 Å². The minimum atomic E-state index is 0.358. The molecule has 0 aliphatic heterocycles. The second-order valence-corrected chi connectivity index (χ2v) is 4.21. The zero-order chi connectivity index (χ0) is 12.3. The molecule has 0 aliphatic carbocycles. The Bertz CT molecular complexity index is 536. The van der Waals surface area contributed by atoms with Gasteiger partial charge in [-0.2, -0.15) is 5.26 Å². The molecule has 0 fully saturated rings. The Kier molecular flexibility index (Phi) is 3.15. The summed E-state index contributed by atoms with van der Waals surface area (Å²) in [5.74, 6) is 0.448. The second-order valence-electron chi connectivity index (χ2n) is 4.21. The molecule has 0 bridgehead atoms. The van der Waals surface area contributed by atoms with Crippen LogP contribution in [0.15, 0.2) is 24.5 Å². The summed E-state index contributed by atoms with van der Waals surface area (Å²) in [6, 6.07) is 5.79. The van der Waals surface area contributed by atoms with Crippen molar-refractivity contribution in [2.24, 2.45) is 5.92 Å². The minimum absolute atomic E-state index is 0.358. The summed E-state index contributed by atoms with van der Waals surface area (Å²) in [6.07, 6.45) is 3.40. The van der Waals surface area contributed by atoms with E-state index in [9.17, 15) is 0 Å². The lowest BCUT2D eigenvalue weighted by Gasteiger charge is -2.08. The van der Waals surface area contributed by atoms with E-state index in [1.165, 1.54) is 0 Å². The average molecular weight is 227 g/mol. The standard InChI is InChI=1S/C12H13N5/c1-9(2)8-17-12(11(7-13)15-16-17)10-3-5-14-6-4-10/h3-6,9H,8H2,1-2H3. The molecule has 86 valence electrons. The molecule has 0 N–H and O–H groups in total. The van der Waals surface area contributed by atoms with E-state index in [2.05, 4.69) is 35.2 Å². The van der Waals surface area contributed by atoms with Gasteiger partial charge < -0.3 is 0 Å². The van der Waals surface area contributed by atoms with Gasteiger partial charge in [-0.25, -0.2) is 4.68 Å². The molecule has 5 heteroatoms. The van der Waals surface area contributed by atoms with Crippen LogP contribution in [0.1, 0.15) is 19.5 Å². The van der Waals surface area contributed by atoms with Gasteiger partial charge in [-0.15, -0.1) is 5.10 Å². The summed E-state index contributed by atoms with van der Waals surface area (Å²) in [7, 11) is 0. The number of nitriles is 1. The topological polar surface area (TPSA) is 67.4 Å². The first-order chi connectivity index (χ1) is 8.22. The summed E-state index contributed by atoms with van der Waals surface area (Å²) in [5.41, 5.74) is 2.04. The summed E-state index contributed by atoms with van der Waals surface area (Å²) in [6.45, 7) is 4.94. The Morgan fingerprint density at radius 2 is 2.06 bits per heavy atom. The summed E-state index contributed by atoms with van der Waals surface area (Å²) >= 11 is 0. The molecule has 5 nitrogen and oxygen atoms in total. The van der Waals surface area contributed by atoms with E-state index in [-0.39, 0.29) is 0 Å². The predicted octanol–water partition coefficient (Wildman–Crippen LogP) is 1.87. The molecule has 2 heterocycles. The van der Waals surface area contributed by atoms with E-state index in [0.717, 1.165) is 17.8 Å². The third-order valence-corrected chi connectivity index (χ3v) is 2.33. The molecular formula is C12H13N5. The monoisotopic (exact) mass is 227 g/mol. The number of pyridine rings is 1. The Morgan fingerprint density at radius 1 is 1.35 bits per heavy atom. The van der Waals surface area contributed by atoms with Gasteiger partial charge in [0.1, 0.15) is 11.8 Å². The predicted molar refractivity (Wildman–Crippen MR) is 62.8 cm³/mol. The van der Waals surface area contributed by atoms with Crippen LogP contribution < -0.4 is 0 Å². The fourth-order valence-electron chi connectivity index (χ4n) is 1.66. The SMILES string of the molecule is CC(C)Cn1nnc(C#N)c1-c1ccncc1. The second kappa shape index (κ2) is 4.74. The van der Waals surface area contributed by atoms with Gasteiger partial charge in [0.05, 0.1) is 0 Å². The summed E-state index contributed by atoms with van der Waals surface area (Å²) in [5, 5.41) is 17.0. The van der Waals surface area contributed by atoms with E-state index >= 15 is 0 Å².